The molecule has 1 aliphatic carbocycles. The van der Waals surface area contributed by atoms with Crippen molar-refractivity contribution in [2.24, 2.45) is 0 Å². The van der Waals surface area contributed by atoms with Gasteiger partial charge in [-0.3, -0.25) is 4.98 Å². The Morgan fingerprint density at radius 3 is 2.68 bits per heavy atom. The zero-order valence-electron chi connectivity index (χ0n) is 11.6. The van der Waals surface area contributed by atoms with Crippen molar-refractivity contribution in [1.29, 1.82) is 0 Å². The Balaban J connectivity index is 1.48. The van der Waals surface area contributed by atoms with E-state index in [-0.39, 0.29) is 0 Å². The Labute approximate surface area is 114 Å². The van der Waals surface area contributed by atoms with Crippen molar-refractivity contribution in [2.75, 3.05) is 13.1 Å². The van der Waals surface area contributed by atoms with Crippen LogP contribution >= 0.6 is 0 Å². The second kappa shape index (κ2) is 5.47. The fraction of sp³-hybridized carbons (Fsp3) is 0.667. The largest absolute Gasteiger partial charge is 0.506 e. The van der Waals surface area contributed by atoms with Gasteiger partial charge in [-0.25, -0.2) is 0 Å². The van der Waals surface area contributed by atoms with E-state index in [0.29, 0.717) is 18.3 Å². The molecule has 1 aromatic heterocycles. The molecule has 0 atom stereocenters. The zero-order valence-corrected chi connectivity index (χ0v) is 11.6. The van der Waals surface area contributed by atoms with Gasteiger partial charge in [-0.1, -0.05) is 0 Å². The van der Waals surface area contributed by atoms with Crippen molar-refractivity contribution >= 4 is 0 Å². The molecule has 4 heteroatoms. The number of likely N-dealkylation sites (tertiary alicyclic amines) is 1. The topological polar surface area (TPSA) is 48.4 Å². The first-order valence-electron chi connectivity index (χ1n) is 7.35. The lowest BCUT2D eigenvalue weighted by atomic mass is 10.0. The van der Waals surface area contributed by atoms with Crippen LogP contribution in [0.15, 0.2) is 12.1 Å². The molecule has 2 fully saturated rings. The third-order valence-corrected chi connectivity index (χ3v) is 4.24. The molecule has 0 unspecified atom stereocenters. The molecule has 1 saturated carbocycles. The molecule has 4 nitrogen and oxygen atoms in total. The van der Waals surface area contributed by atoms with Gasteiger partial charge in [0.25, 0.3) is 0 Å². The average molecular weight is 261 g/mol. The fourth-order valence-electron chi connectivity index (χ4n) is 2.88. The van der Waals surface area contributed by atoms with Crippen LogP contribution < -0.4 is 5.32 Å². The van der Waals surface area contributed by atoms with Crippen molar-refractivity contribution in [3.8, 4) is 5.75 Å². The molecular weight excluding hydrogens is 238 g/mol. The van der Waals surface area contributed by atoms with Gasteiger partial charge in [-0.2, -0.15) is 0 Å². The number of piperidine rings is 1. The third kappa shape index (κ3) is 3.25. The molecule has 0 aromatic carbocycles. The standard InChI is InChI=1S/C15H23N3O/c1-11-2-5-15(19)14(17-11)10-16-12-6-8-18(9-7-12)13-3-4-13/h2,5,12-13,16,19H,3-4,6-10H2,1H3. The normalized spacial score (nSPS) is 21.7. The first-order chi connectivity index (χ1) is 9.22. The summed E-state index contributed by atoms with van der Waals surface area (Å²) in [7, 11) is 0. The molecule has 1 aliphatic heterocycles. The lowest BCUT2D eigenvalue weighted by Gasteiger charge is -2.32. The summed E-state index contributed by atoms with van der Waals surface area (Å²) < 4.78 is 0. The second-order valence-electron chi connectivity index (χ2n) is 5.84. The van der Waals surface area contributed by atoms with E-state index in [2.05, 4.69) is 15.2 Å². The number of aromatic nitrogens is 1. The molecule has 2 heterocycles. The molecule has 19 heavy (non-hydrogen) atoms. The third-order valence-electron chi connectivity index (χ3n) is 4.24. The summed E-state index contributed by atoms with van der Waals surface area (Å²) in [6.07, 6.45) is 5.23. The van der Waals surface area contributed by atoms with Crippen LogP contribution in [0, 0.1) is 6.92 Å². The van der Waals surface area contributed by atoms with E-state index < -0.39 is 0 Å². The monoisotopic (exact) mass is 261 g/mol. The molecule has 0 spiro atoms. The number of nitrogens with zero attached hydrogens (tertiary/aromatic N) is 2. The highest BCUT2D eigenvalue weighted by Gasteiger charge is 2.31. The van der Waals surface area contributed by atoms with Crippen LogP contribution in [0.25, 0.3) is 0 Å². The highest BCUT2D eigenvalue weighted by molar-refractivity contribution is 5.27. The summed E-state index contributed by atoms with van der Waals surface area (Å²) in [6.45, 7) is 5.06. The molecule has 1 saturated heterocycles. The van der Waals surface area contributed by atoms with Crippen molar-refractivity contribution < 1.29 is 5.11 Å². The molecule has 2 N–H and O–H groups in total. The Bertz CT molecular complexity index is 437. The maximum absolute atomic E-state index is 9.78. The number of hydrogen-bond acceptors (Lipinski definition) is 4. The zero-order chi connectivity index (χ0) is 13.2. The van der Waals surface area contributed by atoms with E-state index in [4.69, 9.17) is 0 Å². The van der Waals surface area contributed by atoms with Gasteiger partial charge in [0.15, 0.2) is 0 Å². The van der Waals surface area contributed by atoms with Gasteiger partial charge < -0.3 is 15.3 Å². The molecule has 104 valence electrons. The van der Waals surface area contributed by atoms with Crippen LogP contribution in [0.2, 0.25) is 0 Å². The first kappa shape index (κ1) is 12.9. The van der Waals surface area contributed by atoms with Gasteiger partial charge in [-0.15, -0.1) is 0 Å². The van der Waals surface area contributed by atoms with Crippen molar-refractivity contribution in [1.82, 2.24) is 15.2 Å². The van der Waals surface area contributed by atoms with Crippen LogP contribution in [0.1, 0.15) is 37.1 Å². The molecule has 1 aromatic rings. The Kier molecular flexibility index (Phi) is 3.71. The van der Waals surface area contributed by atoms with Gasteiger partial charge in [-0.05, 0) is 57.8 Å². The second-order valence-corrected chi connectivity index (χ2v) is 5.84. The summed E-state index contributed by atoms with van der Waals surface area (Å²) in [5.41, 5.74) is 1.72. The molecule has 0 amide bonds. The quantitative estimate of drug-likeness (QED) is 0.868. The van der Waals surface area contributed by atoms with Crippen molar-refractivity contribution in [3.05, 3.63) is 23.5 Å². The van der Waals surface area contributed by atoms with Gasteiger partial charge >= 0.3 is 0 Å². The van der Waals surface area contributed by atoms with Crippen molar-refractivity contribution in [3.63, 3.8) is 0 Å². The maximum atomic E-state index is 9.78. The fourth-order valence-corrected chi connectivity index (χ4v) is 2.88. The minimum atomic E-state index is 0.300. The molecule has 0 radical (unpaired) electrons. The number of hydrogen-bond donors (Lipinski definition) is 2. The molecule has 3 rings (SSSR count). The Hall–Kier alpha value is -1.13. The van der Waals surface area contributed by atoms with Gasteiger partial charge in [0.1, 0.15) is 5.75 Å². The van der Waals surface area contributed by atoms with Crippen LogP contribution in [-0.4, -0.2) is 40.2 Å². The smallest absolute Gasteiger partial charge is 0.138 e. The maximum Gasteiger partial charge on any atom is 0.138 e. The first-order valence-corrected chi connectivity index (χ1v) is 7.35. The Morgan fingerprint density at radius 1 is 1.26 bits per heavy atom. The van der Waals surface area contributed by atoms with E-state index >= 15 is 0 Å². The SMILES string of the molecule is Cc1ccc(O)c(CNC2CCN(C3CC3)CC2)n1. The van der Waals surface area contributed by atoms with Gasteiger partial charge in [0.05, 0.1) is 5.69 Å². The highest BCUT2D eigenvalue weighted by atomic mass is 16.3. The number of aryl methyl sites for hydroxylation is 1. The van der Waals surface area contributed by atoms with Crippen molar-refractivity contribution in [2.45, 2.75) is 51.2 Å². The van der Waals surface area contributed by atoms with E-state index in [9.17, 15) is 5.11 Å². The lowest BCUT2D eigenvalue weighted by molar-refractivity contribution is 0.188. The number of nitrogens with one attached hydrogen (secondary N) is 1. The number of aromatic hydroxyl groups is 1. The minimum absolute atomic E-state index is 0.300. The summed E-state index contributed by atoms with van der Waals surface area (Å²) in [5.74, 6) is 0.300. The molecular formula is C15H23N3O. The minimum Gasteiger partial charge on any atom is -0.506 e. The van der Waals surface area contributed by atoms with Crippen LogP contribution in [0.4, 0.5) is 0 Å². The predicted molar refractivity (Wildman–Crippen MR) is 75.1 cm³/mol. The Morgan fingerprint density at radius 2 is 2.00 bits per heavy atom. The van der Waals surface area contributed by atoms with E-state index in [1.807, 2.05) is 13.0 Å². The summed E-state index contributed by atoms with van der Waals surface area (Å²) in [6, 6.07) is 5.03. The predicted octanol–water partition coefficient (Wildman–Crippen LogP) is 1.81. The summed E-state index contributed by atoms with van der Waals surface area (Å²) in [4.78, 5) is 7.01. The molecule has 2 aliphatic rings. The van der Waals surface area contributed by atoms with Crippen LogP contribution in [0.3, 0.4) is 0 Å². The lowest BCUT2D eigenvalue weighted by Crippen LogP contribution is -2.43. The average Bonchev–Trinajstić information content (AvgIpc) is 3.25. The highest BCUT2D eigenvalue weighted by Crippen LogP contribution is 2.29. The van der Waals surface area contributed by atoms with Gasteiger partial charge in [0, 0.05) is 24.3 Å². The van der Waals surface area contributed by atoms with Crippen LogP contribution in [0.5, 0.6) is 5.75 Å². The summed E-state index contributed by atoms with van der Waals surface area (Å²) in [5, 5.41) is 13.3. The van der Waals surface area contributed by atoms with Crippen LogP contribution in [-0.2, 0) is 6.54 Å². The van der Waals surface area contributed by atoms with E-state index in [1.54, 1.807) is 6.07 Å². The number of rotatable bonds is 4. The van der Waals surface area contributed by atoms with E-state index in [1.165, 1.54) is 38.8 Å². The summed E-state index contributed by atoms with van der Waals surface area (Å²) >= 11 is 0. The number of pyridine rings is 1. The van der Waals surface area contributed by atoms with E-state index in [0.717, 1.165) is 17.4 Å². The molecule has 0 bridgehead atoms. The van der Waals surface area contributed by atoms with Gasteiger partial charge in [0.2, 0.25) is 0 Å².